The highest BCUT2D eigenvalue weighted by Gasteiger charge is 2.20. The molecule has 1 saturated heterocycles. The van der Waals surface area contributed by atoms with E-state index in [-0.39, 0.29) is 0 Å². The van der Waals surface area contributed by atoms with E-state index in [1.807, 2.05) is 23.4 Å². The molecule has 5 nitrogen and oxygen atoms in total. The maximum Gasteiger partial charge on any atom is 0.222 e. The first kappa shape index (κ1) is 17.7. The molecule has 0 saturated carbocycles. The zero-order valence-electron chi connectivity index (χ0n) is 15.6. The number of carbonyl (C=O) groups is 1. The van der Waals surface area contributed by atoms with Crippen LogP contribution in [0.15, 0.2) is 55.0 Å². The predicted octanol–water partition coefficient (Wildman–Crippen LogP) is 3.23. The molecule has 1 N–H and O–H groups in total. The highest BCUT2D eigenvalue weighted by molar-refractivity contribution is 5.83. The molecule has 3 heterocycles. The summed E-state index contributed by atoms with van der Waals surface area (Å²) in [4.78, 5) is 24.0. The Labute approximate surface area is 160 Å². The number of nitrogens with one attached hydrogen (secondary N) is 1. The van der Waals surface area contributed by atoms with Crippen molar-refractivity contribution in [3.8, 4) is 0 Å². The lowest BCUT2D eigenvalue weighted by Crippen LogP contribution is -2.36. The molecular formula is C22H26N4O. The average molecular weight is 362 g/mol. The van der Waals surface area contributed by atoms with Crippen LogP contribution in [0.5, 0.6) is 0 Å². The SMILES string of the molecule is O=C1CCCN1CCN(CCc1c[nH]c2ccccc12)Cc1cccnc1. The molecular weight excluding hydrogens is 336 g/mol. The number of para-hydroxylation sites is 1. The van der Waals surface area contributed by atoms with Crippen molar-refractivity contribution in [2.75, 3.05) is 26.2 Å². The lowest BCUT2D eigenvalue weighted by Gasteiger charge is -2.25. The van der Waals surface area contributed by atoms with Crippen LogP contribution < -0.4 is 0 Å². The van der Waals surface area contributed by atoms with Crippen LogP contribution in [0.25, 0.3) is 10.9 Å². The van der Waals surface area contributed by atoms with Gasteiger partial charge in [0.2, 0.25) is 5.91 Å². The number of amides is 1. The number of benzene rings is 1. The van der Waals surface area contributed by atoms with E-state index in [4.69, 9.17) is 0 Å². The van der Waals surface area contributed by atoms with E-state index in [1.54, 1.807) is 0 Å². The van der Waals surface area contributed by atoms with Crippen molar-refractivity contribution in [1.29, 1.82) is 0 Å². The van der Waals surface area contributed by atoms with Gasteiger partial charge in [-0.2, -0.15) is 0 Å². The summed E-state index contributed by atoms with van der Waals surface area (Å²) in [5.41, 5.74) is 3.75. The number of aromatic amines is 1. The summed E-state index contributed by atoms with van der Waals surface area (Å²) in [6.45, 7) is 4.43. The van der Waals surface area contributed by atoms with E-state index >= 15 is 0 Å². The summed E-state index contributed by atoms with van der Waals surface area (Å²) in [7, 11) is 0. The summed E-state index contributed by atoms with van der Waals surface area (Å²) in [5.74, 6) is 0.299. The Balaban J connectivity index is 1.42. The fraction of sp³-hybridized carbons (Fsp3) is 0.364. The summed E-state index contributed by atoms with van der Waals surface area (Å²) in [5, 5.41) is 1.30. The second-order valence-electron chi connectivity index (χ2n) is 7.23. The summed E-state index contributed by atoms with van der Waals surface area (Å²) < 4.78 is 0. The van der Waals surface area contributed by atoms with Gasteiger partial charge in [0.15, 0.2) is 0 Å². The molecule has 0 aliphatic carbocycles. The van der Waals surface area contributed by atoms with Crippen molar-refractivity contribution in [3.63, 3.8) is 0 Å². The fourth-order valence-corrected chi connectivity index (χ4v) is 3.84. The van der Waals surface area contributed by atoms with Crippen molar-refractivity contribution in [2.45, 2.75) is 25.8 Å². The Hall–Kier alpha value is -2.66. The van der Waals surface area contributed by atoms with Crippen LogP contribution >= 0.6 is 0 Å². The smallest absolute Gasteiger partial charge is 0.222 e. The second kappa shape index (κ2) is 8.35. The number of hydrogen-bond acceptors (Lipinski definition) is 3. The number of fused-ring (bicyclic) bond motifs is 1. The molecule has 3 aromatic rings. The minimum Gasteiger partial charge on any atom is -0.361 e. The van der Waals surface area contributed by atoms with Gasteiger partial charge in [-0.15, -0.1) is 0 Å². The highest BCUT2D eigenvalue weighted by atomic mass is 16.2. The average Bonchev–Trinajstić information content (AvgIpc) is 3.31. The summed E-state index contributed by atoms with van der Waals surface area (Å²) >= 11 is 0. The Morgan fingerprint density at radius 2 is 2.07 bits per heavy atom. The molecule has 2 aromatic heterocycles. The van der Waals surface area contributed by atoms with Gasteiger partial charge in [-0.1, -0.05) is 24.3 Å². The Morgan fingerprint density at radius 1 is 1.15 bits per heavy atom. The van der Waals surface area contributed by atoms with E-state index in [2.05, 4.69) is 51.4 Å². The number of nitrogens with zero attached hydrogens (tertiary/aromatic N) is 3. The first-order valence-electron chi connectivity index (χ1n) is 9.73. The molecule has 0 unspecified atom stereocenters. The first-order chi connectivity index (χ1) is 13.3. The topological polar surface area (TPSA) is 52.2 Å². The van der Waals surface area contributed by atoms with Crippen molar-refractivity contribution in [3.05, 3.63) is 66.1 Å². The van der Waals surface area contributed by atoms with Gasteiger partial charge in [-0.25, -0.2) is 0 Å². The molecule has 1 aromatic carbocycles. The third kappa shape index (κ3) is 4.37. The molecule has 0 atom stereocenters. The standard InChI is InChI=1S/C22H26N4O/c27-22-8-4-11-26(22)14-13-25(17-18-5-3-10-23-15-18)12-9-19-16-24-21-7-2-1-6-20(19)21/h1-3,5-7,10,15-16,24H,4,8-9,11-14,17H2. The van der Waals surface area contributed by atoms with Crippen LogP contribution in [-0.2, 0) is 17.8 Å². The lowest BCUT2D eigenvalue weighted by atomic mass is 10.1. The maximum atomic E-state index is 11.9. The Kier molecular flexibility index (Phi) is 5.49. The number of H-pyrrole nitrogens is 1. The van der Waals surface area contributed by atoms with Gasteiger partial charge in [0, 0.05) is 68.6 Å². The molecule has 1 aliphatic rings. The van der Waals surface area contributed by atoms with E-state index < -0.39 is 0 Å². The third-order valence-electron chi connectivity index (χ3n) is 5.36. The van der Waals surface area contributed by atoms with E-state index in [9.17, 15) is 4.79 Å². The number of aromatic nitrogens is 2. The van der Waals surface area contributed by atoms with E-state index in [0.717, 1.165) is 45.6 Å². The predicted molar refractivity (Wildman–Crippen MR) is 107 cm³/mol. The second-order valence-corrected chi connectivity index (χ2v) is 7.23. The molecule has 0 bridgehead atoms. The lowest BCUT2D eigenvalue weighted by molar-refractivity contribution is -0.127. The van der Waals surface area contributed by atoms with Gasteiger partial charge in [0.05, 0.1) is 0 Å². The van der Waals surface area contributed by atoms with Crippen molar-refractivity contribution in [2.24, 2.45) is 0 Å². The van der Waals surface area contributed by atoms with E-state index in [0.29, 0.717) is 12.3 Å². The Morgan fingerprint density at radius 3 is 2.89 bits per heavy atom. The van der Waals surface area contributed by atoms with Crippen molar-refractivity contribution >= 4 is 16.8 Å². The van der Waals surface area contributed by atoms with Crippen molar-refractivity contribution in [1.82, 2.24) is 19.8 Å². The van der Waals surface area contributed by atoms with E-state index in [1.165, 1.54) is 22.0 Å². The monoisotopic (exact) mass is 362 g/mol. The summed E-state index contributed by atoms with van der Waals surface area (Å²) in [6.07, 6.45) is 8.55. The normalized spacial score (nSPS) is 14.6. The van der Waals surface area contributed by atoms with Gasteiger partial charge in [0.25, 0.3) is 0 Å². The molecule has 1 fully saturated rings. The summed E-state index contributed by atoms with van der Waals surface area (Å²) in [6, 6.07) is 12.5. The number of carbonyl (C=O) groups excluding carboxylic acids is 1. The molecule has 1 aliphatic heterocycles. The van der Waals surface area contributed by atoms with Gasteiger partial charge in [-0.3, -0.25) is 14.7 Å². The molecule has 5 heteroatoms. The molecule has 0 radical (unpaired) electrons. The first-order valence-corrected chi connectivity index (χ1v) is 9.73. The van der Waals surface area contributed by atoms with Crippen LogP contribution in [-0.4, -0.2) is 51.9 Å². The molecule has 1 amide bonds. The van der Waals surface area contributed by atoms with Crippen LogP contribution in [0, 0.1) is 0 Å². The van der Waals surface area contributed by atoms with Gasteiger partial charge in [-0.05, 0) is 36.1 Å². The highest BCUT2D eigenvalue weighted by Crippen LogP contribution is 2.19. The number of hydrogen-bond donors (Lipinski definition) is 1. The zero-order chi connectivity index (χ0) is 18.5. The molecule has 27 heavy (non-hydrogen) atoms. The zero-order valence-corrected chi connectivity index (χ0v) is 15.6. The largest absolute Gasteiger partial charge is 0.361 e. The third-order valence-corrected chi connectivity index (χ3v) is 5.36. The molecule has 140 valence electrons. The minimum atomic E-state index is 0.299. The van der Waals surface area contributed by atoms with Crippen LogP contribution in [0.1, 0.15) is 24.0 Å². The maximum absolute atomic E-state index is 11.9. The van der Waals surface area contributed by atoms with Gasteiger partial charge < -0.3 is 9.88 Å². The van der Waals surface area contributed by atoms with Crippen LogP contribution in [0.2, 0.25) is 0 Å². The van der Waals surface area contributed by atoms with Gasteiger partial charge >= 0.3 is 0 Å². The van der Waals surface area contributed by atoms with Crippen molar-refractivity contribution < 1.29 is 4.79 Å². The Bertz CT molecular complexity index is 889. The molecule has 4 rings (SSSR count). The number of likely N-dealkylation sites (tertiary alicyclic amines) is 1. The van der Waals surface area contributed by atoms with Crippen LogP contribution in [0.4, 0.5) is 0 Å². The van der Waals surface area contributed by atoms with Crippen LogP contribution in [0.3, 0.4) is 0 Å². The fourth-order valence-electron chi connectivity index (χ4n) is 3.84. The van der Waals surface area contributed by atoms with Gasteiger partial charge in [0.1, 0.15) is 0 Å². The number of rotatable bonds is 8. The quantitative estimate of drug-likeness (QED) is 0.669. The minimum absolute atomic E-state index is 0.299. The number of pyridine rings is 1. The molecule has 0 spiro atoms.